The molecular formula is C10H7N5O2. The van der Waals surface area contributed by atoms with Gasteiger partial charge in [-0.2, -0.15) is 4.98 Å². The summed E-state index contributed by atoms with van der Waals surface area (Å²) in [7, 11) is 0. The molecule has 0 spiro atoms. The Kier molecular flexibility index (Phi) is 1.76. The lowest BCUT2D eigenvalue weighted by molar-refractivity contribution is 0.0997. The van der Waals surface area contributed by atoms with E-state index in [4.69, 9.17) is 5.73 Å². The van der Waals surface area contributed by atoms with Crippen molar-refractivity contribution in [2.24, 2.45) is 5.73 Å². The second-order valence-corrected chi connectivity index (χ2v) is 3.52. The molecule has 0 saturated carbocycles. The fraction of sp³-hybridized carbons (Fsp3) is 0. The van der Waals surface area contributed by atoms with Crippen molar-refractivity contribution < 1.29 is 4.79 Å². The van der Waals surface area contributed by atoms with E-state index in [1.165, 1.54) is 4.52 Å². The monoisotopic (exact) mass is 229 g/mol. The number of aromatic nitrogens is 4. The van der Waals surface area contributed by atoms with Crippen molar-refractivity contribution in [1.29, 1.82) is 0 Å². The van der Waals surface area contributed by atoms with Crippen LogP contribution in [0.25, 0.3) is 16.6 Å². The predicted octanol–water partition coefficient (Wildman–Crippen LogP) is -0.330. The molecule has 17 heavy (non-hydrogen) atoms. The lowest BCUT2D eigenvalue weighted by Gasteiger charge is -1.98. The Bertz CT molecular complexity index is 801. The van der Waals surface area contributed by atoms with Gasteiger partial charge in [0.2, 0.25) is 0 Å². The van der Waals surface area contributed by atoms with Crippen molar-refractivity contribution in [1.82, 2.24) is 19.8 Å². The van der Waals surface area contributed by atoms with Gasteiger partial charge in [0.1, 0.15) is 0 Å². The molecule has 0 aliphatic heterocycles. The summed E-state index contributed by atoms with van der Waals surface area (Å²) in [5, 5.41) is 6.80. The smallest absolute Gasteiger partial charge is 0.281 e. The maximum Gasteiger partial charge on any atom is 0.281 e. The molecule has 84 valence electrons. The molecule has 1 amide bonds. The standard InChI is InChI=1S/C10H7N5O2/c11-8(16)7-9-12-10(17)5-3-1-2-4-6(5)15(9)14-13-7/h1-4,14H,(H2,11,16). The molecule has 3 aromatic rings. The zero-order valence-electron chi connectivity index (χ0n) is 8.54. The molecule has 7 nitrogen and oxygen atoms in total. The largest absolute Gasteiger partial charge is 0.364 e. The second-order valence-electron chi connectivity index (χ2n) is 3.52. The molecule has 2 aromatic heterocycles. The summed E-state index contributed by atoms with van der Waals surface area (Å²) in [6.07, 6.45) is 0. The summed E-state index contributed by atoms with van der Waals surface area (Å²) in [5.41, 5.74) is 5.42. The number of fused-ring (bicyclic) bond motifs is 3. The first-order valence-electron chi connectivity index (χ1n) is 4.84. The van der Waals surface area contributed by atoms with Crippen LogP contribution in [0.2, 0.25) is 0 Å². The third kappa shape index (κ3) is 1.22. The molecule has 1 aromatic carbocycles. The number of aromatic amines is 1. The van der Waals surface area contributed by atoms with E-state index < -0.39 is 11.5 Å². The molecule has 0 saturated heterocycles. The average Bonchev–Trinajstić information content (AvgIpc) is 2.73. The Morgan fingerprint density at radius 3 is 2.88 bits per heavy atom. The van der Waals surface area contributed by atoms with Gasteiger partial charge in [0.15, 0.2) is 11.3 Å². The number of rotatable bonds is 1. The van der Waals surface area contributed by atoms with Crippen LogP contribution in [0, 0.1) is 0 Å². The first kappa shape index (κ1) is 9.52. The molecule has 0 unspecified atom stereocenters. The summed E-state index contributed by atoms with van der Waals surface area (Å²) in [6.45, 7) is 0. The highest BCUT2D eigenvalue weighted by Crippen LogP contribution is 2.11. The third-order valence-corrected chi connectivity index (χ3v) is 2.50. The molecule has 0 aliphatic rings. The summed E-state index contributed by atoms with van der Waals surface area (Å²) >= 11 is 0. The fourth-order valence-corrected chi connectivity index (χ4v) is 1.75. The number of nitrogens with two attached hydrogens (primary N) is 1. The molecule has 0 radical (unpaired) electrons. The Morgan fingerprint density at radius 2 is 2.12 bits per heavy atom. The SMILES string of the molecule is NC(=O)c1n[nH]n2c1nc(=O)c1ccccc12. The quantitative estimate of drug-likeness (QED) is 0.595. The van der Waals surface area contributed by atoms with E-state index in [9.17, 15) is 9.59 Å². The Labute approximate surface area is 93.9 Å². The average molecular weight is 229 g/mol. The lowest BCUT2D eigenvalue weighted by atomic mass is 10.2. The number of nitrogens with zero attached hydrogens (tertiary/aromatic N) is 3. The number of nitrogens with one attached hydrogen (secondary N) is 1. The first-order chi connectivity index (χ1) is 8.18. The minimum Gasteiger partial charge on any atom is -0.364 e. The van der Waals surface area contributed by atoms with Crippen molar-refractivity contribution in [2.75, 3.05) is 0 Å². The van der Waals surface area contributed by atoms with E-state index >= 15 is 0 Å². The van der Waals surface area contributed by atoms with Crippen molar-refractivity contribution in [3.63, 3.8) is 0 Å². The third-order valence-electron chi connectivity index (χ3n) is 2.50. The molecule has 0 bridgehead atoms. The number of amides is 1. The molecule has 3 rings (SSSR count). The molecule has 2 heterocycles. The minimum absolute atomic E-state index is 0.0483. The van der Waals surface area contributed by atoms with Gasteiger partial charge in [0.25, 0.3) is 11.5 Å². The van der Waals surface area contributed by atoms with Gasteiger partial charge >= 0.3 is 0 Å². The minimum atomic E-state index is -0.731. The number of hydrogen-bond donors (Lipinski definition) is 2. The van der Waals surface area contributed by atoms with E-state index in [1.807, 2.05) is 0 Å². The number of H-pyrrole nitrogens is 1. The van der Waals surface area contributed by atoms with Gasteiger partial charge in [-0.15, -0.1) is 5.10 Å². The van der Waals surface area contributed by atoms with Crippen molar-refractivity contribution in [3.8, 4) is 0 Å². The molecular weight excluding hydrogens is 222 g/mol. The number of para-hydroxylation sites is 1. The van der Waals surface area contributed by atoms with E-state index in [0.29, 0.717) is 10.9 Å². The number of hydrogen-bond acceptors (Lipinski definition) is 4. The highest BCUT2D eigenvalue weighted by atomic mass is 16.1. The molecule has 3 N–H and O–H groups in total. The maximum atomic E-state index is 11.7. The summed E-state index contributed by atoms with van der Waals surface area (Å²) in [5.74, 6) is -0.731. The van der Waals surface area contributed by atoms with Crippen molar-refractivity contribution in [2.45, 2.75) is 0 Å². The van der Waals surface area contributed by atoms with Crippen LogP contribution >= 0.6 is 0 Å². The Hall–Kier alpha value is -2.70. The fourth-order valence-electron chi connectivity index (χ4n) is 1.75. The highest BCUT2D eigenvalue weighted by Gasteiger charge is 2.15. The number of carbonyl (C=O) groups excluding carboxylic acids is 1. The van der Waals surface area contributed by atoms with Crippen molar-refractivity contribution in [3.05, 3.63) is 40.3 Å². The van der Waals surface area contributed by atoms with Gasteiger partial charge in [-0.3, -0.25) is 9.59 Å². The van der Waals surface area contributed by atoms with Crippen LogP contribution in [0.5, 0.6) is 0 Å². The van der Waals surface area contributed by atoms with E-state index in [-0.39, 0.29) is 11.3 Å². The van der Waals surface area contributed by atoms with Gasteiger partial charge in [-0.1, -0.05) is 12.1 Å². The zero-order chi connectivity index (χ0) is 12.0. The molecule has 0 atom stereocenters. The van der Waals surface area contributed by atoms with Crippen LogP contribution in [-0.2, 0) is 0 Å². The van der Waals surface area contributed by atoms with Crippen LogP contribution in [-0.4, -0.2) is 25.7 Å². The first-order valence-corrected chi connectivity index (χ1v) is 4.84. The van der Waals surface area contributed by atoms with E-state index in [1.54, 1.807) is 24.3 Å². The highest BCUT2D eigenvalue weighted by molar-refractivity contribution is 5.97. The van der Waals surface area contributed by atoms with E-state index in [0.717, 1.165) is 0 Å². The normalized spacial score (nSPS) is 11.1. The lowest BCUT2D eigenvalue weighted by Crippen LogP contribution is -2.15. The summed E-state index contributed by atoms with van der Waals surface area (Å²) < 4.78 is 1.46. The molecule has 7 heteroatoms. The topological polar surface area (TPSA) is 106 Å². The molecule has 0 fully saturated rings. The predicted molar refractivity (Wildman–Crippen MR) is 59.6 cm³/mol. The van der Waals surface area contributed by atoms with Gasteiger partial charge in [0, 0.05) is 0 Å². The molecule has 0 aliphatic carbocycles. The number of primary amides is 1. The van der Waals surface area contributed by atoms with Crippen LogP contribution < -0.4 is 11.3 Å². The van der Waals surface area contributed by atoms with Gasteiger partial charge in [-0.05, 0) is 12.1 Å². The van der Waals surface area contributed by atoms with Crippen LogP contribution in [0.1, 0.15) is 10.5 Å². The van der Waals surface area contributed by atoms with Crippen LogP contribution in [0.4, 0.5) is 0 Å². The number of benzene rings is 1. The zero-order valence-corrected chi connectivity index (χ0v) is 8.54. The van der Waals surface area contributed by atoms with Crippen LogP contribution in [0.3, 0.4) is 0 Å². The van der Waals surface area contributed by atoms with Crippen LogP contribution in [0.15, 0.2) is 29.1 Å². The number of carbonyl (C=O) groups is 1. The summed E-state index contributed by atoms with van der Waals surface area (Å²) in [4.78, 5) is 26.7. The Morgan fingerprint density at radius 1 is 1.35 bits per heavy atom. The summed E-state index contributed by atoms with van der Waals surface area (Å²) in [6, 6.07) is 6.90. The van der Waals surface area contributed by atoms with Gasteiger partial charge < -0.3 is 5.73 Å². The van der Waals surface area contributed by atoms with Crippen molar-refractivity contribution >= 4 is 22.5 Å². The van der Waals surface area contributed by atoms with E-state index in [2.05, 4.69) is 15.3 Å². The van der Waals surface area contributed by atoms with Gasteiger partial charge in [0.05, 0.1) is 10.9 Å². The second kappa shape index (κ2) is 3.14. The van der Waals surface area contributed by atoms with Gasteiger partial charge in [-0.25, -0.2) is 9.73 Å². The Balaban J connectivity index is 2.59. The maximum absolute atomic E-state index is 11.7.